The molecule has 0 aromatic carbocycles. The molecule has 6 nitrogen and oxygen atoms in total. The van der Waals surface area contributed by atoms with Crippen molar-refractivity contribution < 1.29 is 19.4 Å². The number of carboxylic acids is 1. The zero-order chi connectivity index (χ0) is 14.2. The van der Waals surface area contributed by atoms with Crippen LogP contribution in [-0.4, -0.2) is 42.4 Å². The topological polar surface area (TPSA) is 87.7 Å². The average molecular weight is 282 g/mol. The monoisotopic (exact) mass is 282 g/mol. The molecule has 20 heavy (non-hydrogen) atoms. The van der Waals surface area contributed by atoms with Crippen molar-refractivity contribution in [2.75, 3.05) is 13.1 Å². The smallest absolute Gasteiger partial charge is 0.332 e. The Morgan fingerprint density at radius 1 is 1.15 bits per heavy atom. The first-order valence-electron chi connectivity index (χ1n) is 7.49. The van der Waals surface area contributed by atoms with Crippen LogP contribution < -0.4 is 10.6 Å². The van der Waals surface area contributed by atoms with Crippen molar-refractivity contribution in [3.05, 3.63) is 0 Å². The molecule has 3 fully saturated rings. The summed E-state index contributed by atoms with van der Waals surface area (Å²) in [6.45, 7) is 1.15. The summed E-state index contributed by atoms with van der Waals surface area (Å²) < 4.78 is 5.34. The van der Waals surface area contributed by atoms with Gasteiger partial charge in [-0.15, -0.1) is 0 Å². The number of hydrogen-bond donors (Lipinski definition) is 3. The molecule has 112 valence electrons. The molecule has 3 rings (SSSR count). The summed E-state index contributed by atoms with van der Waals surface area (Å²) in [5.41, 5.74) is 0.398. The van der Waals surface area contributed by atoms with Crippen molar-refractivity contribution in [3.63, 3.8) is 0 Å². The molecule has 2 atom stereocenters. The zero-order valence-corrected chi connectivity index (χ0v) is 11.6. The Morgan fingerprint density at radius 3 is 2.45 bits per heavy atom. The van der Waals surface area contributed by atoms with Crippen molar-refractivity contribution in [2.45, 2.75) is 50.7 Å². The van der Waals surface area contributed by atoms with Gasteiger partial charge in [0, 0.05) is 13.1 Å². The lowest BCUT2D eigenvalue weighted by atomic mass is 10.0. The van der Waals surface area contributed by atoms with Gasteiger partial charge in [0.1, 0.15) is 0 Å². The largest absolute Gasteiger partial charge is 0.479 e. The van der Waals surface area contributed by atoms with E-state index in [-0.39, 0.29) is 12.1 Å². The van der Waals surface area contributed by atoms with Crippen LogP contribution in [0.2, 0.25) is 0 Å². The lowest BCUT2D eigenvalue weighted by Gasteiger charge is -2.17. The molecule has 1 aliphatic heterocycles. The van der Waals surface area contributed by atoms with Crippen LogP contribution in [0.1, 0.15) is 38.5 Å². The van der Waals surface area contributed by atoms with E-state index in [1.807, 2.05) is 0 Å². The van der Waals surface area contributed by atoms with Crippen LogP contribution in [0.5, 0.6) is 0 Å². The summed E-state index contributed by atoms with van der Waals surface area (Å²) >= 11 is 0. The quantitative estimate of drug-likeness (QED) is 0.681. The third-order valence-electron chi connectivity index (χ3n) is 4.81. The fraction of sp³-hybridized carbons (Fsp3) is 0.857. The number of amides is 2. The van der Waals surface area contributed by atoms with Crippen LogP contribution >= 0.6 is 0 Å². The number of aliphatic carboxylic acids is 1. The third-order valence-corrected chi connectivity index (χ3v) is 4.81. The number of carbonyl (C=O) groups is 2. The highest BCUT2D eigenvalue weighted by Crippen LogP contribution is 2.60. The fourth-order valence-electron chi connectivity index (χ4n) is 3.15. The number of nitrogens with one attached hydrogen (secondary N) is 2. The van der Waals surface area contributed by atoms with Crippen LogP contribution in [0.25, 0.3) is 0 Å². The molecule has 1 saturated heterocycles. The first kappa shape index (κ1) is 13.7. The van der Waals surface area contributed by atoms with Crippen molar-refractivity contribution >= 4 is 12.0 Å². The Bertz CT molecular complexity index is 404. The van der Waals surface area contributed by atoms with Crippen LogP contribution in [0.4, 0.5) is 4.79 Å². The molecule has 3 N–H and O–H groups in total. The van der Waals surface area contributed by atoms with E-state index in [4.69, 9.17) is 9.84 Å². The summed E-state index contributed by atoms with van der Waals surface area (Å²) in [4.78, 5) is 22.5. The van der Waals surface area contributed by atoms with Gasteiger partial charge >= 0.3 is 12.0 Å². The van der Waals surface area contributed by atoms with E-state index in [1.165, 1.54) is 25.7 Å². The van der Waals surface area contributed by atoms with E-state index in [0.717, 1.165) is 12.5 Å². The van der Waals surface area contributed by atoms with Crippen molar-refractivity contribution in [1.82, 2.24) is 10.6 Å². The Labute approximate surface area is 118 Å². The van der Waals surface area contributed by atoms with E-state index < -0.39 is 12.1 Å². The van der Waals surface area contributed by atoms with Crippen molar-refractivity contribution in [3.8, 4) is 0 Å². The Kier molecular flexibility index (Phi) is 3.58. The first-order valence-corrected chi connectivity index (χ1v) is 7.49. The Hall–Kier alpha value is -1.30. The van der Waals surface area contributed by atoms with Gasteiger partial charge in [-0.2, -0.15) is 0 Å². The predicted octanol–water partition coefficient (Wildman–Crippen LogP) is 1.11. The van der Waals surface area contributed by atoms with Gasteiger partial charge < -0.3 is 20.5 Å². The number of urea groups is 1. The average Bonchev–Trinajstić information content (AvgIpc) is 3.31. The molecular weight excluding hydrogens is 260 g/mol. The van der Waals surface area contributed by atoms with Gasteiger partial charge in [-0.25, -0.2) is 9.59 Å². The molecule has 2 aliphatic carbocycles. The predicted molar refractivity (Wildman–Crippen MR) is 71.3 cm³/mol. The second-order valence-corrected chi connectivity index (χ2v) is 6.36. The van der Waals surface area contributed by atoms with Crippen LogP contribution in [0.3, 0.4) is 0 Å². The summed E-state index contributed by atoms with van der Waals surface area (Å²) in [5.74, 6) is -0.0886. The van der Waals surface area contributed by atoms with E-state index in [1.54, 1.807) is 0 Å². The van der Waals surface area contributed by atoms with E-state index in [9.17, 15) is 9.59 Å². The molecule has 0 aromatic rings. The van der Waals surface area contributed by atoms with Crippen LogP contribution in [0.15, 0.2) is 0 Å². The molecular formula is C14H22N2O4. The molecule has 0 radical (unpaired) electrons. The number of rotatable bonds is 6. The molecule has 1 heterocycles. The Balaban J connectivity index is 1.32. The molecule has 2 saturated carbocycles. The van der Waals surface area contributed by atoms with E-state index >= 15 is 0 Å². The summed E-state index contributed by atoms with van der Waals surface area (Å²) in [6.07, 6.45) is 5.42. The molecule has 0 aromatic heterocycles. The molecule has 6 heteroatoms. The fourth-order valence-corrected chi connectivity index (χ4v) is 3.15. The summed E-state index contributed by atoms with van der Waals surface area (Å²) in [7, 11) is 0. The highest BCUT2D eigenvalue weighted by molar-refractivity contribution is 5.74. The molecule has 0 bridgehead atoms. The minimum atomic E-state index is -0.919. The van der Waals surface area contributed by atoms with Gasteiger partial charge in [-0.3, -0.25) is 0 Å². The lowest BCUT2D eigenvalue weighted by molar-refractivity contribution is -0.149. The second kappa shape index (κ2) is 5.24. The minimum absolute atomic E-state index is 0.167. The van der Waals surface area contributed by atoms with E-state index in [2.05, 4.69) is 10.6 Å². The maximum Gasteiger partial charge on any atom is 0.332 e. The summed E-state index contributed by atoms with van der Waals surface area (Å²) in [6, 6.07) is -0.167. The maximum atomic E-state index is 11.7. The van der Waals surface area contributed by atoms with Crippen LogP contribution in [0, 0.1) is 11.3 Å². The first-order chi connectivity index (χ1) is 9.59. The number of hydrogen-bond acceptors (Lipinski definition) is 3. The van der Waals surface area contributed by atoms with Gasteiger partial charge in [0.2, 0.25) is 0 Å². The normalized spacial score (nSPS) is 30.8. The Morgan fingerprint density at radius 2 is 1.90 bits per heavy atom. The van der Waals surface area contributed by atoms with Crippen LogP contribution in [-0.2, 0) is 9.53 Å². The SMILES string of the molecule is O=C(NCC1CCC(C(=O)O)O1)NCC1(C2CC2)CC1. The molecule has 0 spiro atoms. The van der Waals surface area contributed by atoms with Gasteiger partial charge in [0.05, 0.1) is 6.10 Å². The van der Waals surface area contributed by atoms with Gasteiger partial charge in [0.15, 0.2) is 6.10 Å². The van der Waals surface area contributed by atoms with Gasteiger partial charge in [0.25, 0.3) is 0 Å². The van der Waals surface area contributed by atoms with Gasteiger partial charge in [-0.1, -0.05) is 0 Å². The lowest BCUT2D eigenvalue weighted by Crippen LogP contribution is -2.42. The van der Waals surface area contributed by atoms with Gasteiger partial charge in [-0.05, 0) is 49.9 Å². The molecule has 3 aliphatic rings. The second-order valence-electron chi connectivity index (χ2n) is 6.36. The number of carboxylic acid groups (broad SMARTS) is 1. The highest BCUT2D eigenvalue weighted by Gasteiger charge is 2.53. The third kappa shape index (κ3) is 3.06. The number of ether oxygens (including phenoxy) is 1. The van der Waals surface area contributed by atoms with Crippen molar-refractivity contribution in [1.29, 1.82) is 0 Å². The number of carbonyl (C=O) groups excluding carboxylic acids is 1. The summed E-state index contributed by atoms with van der Waals surface area (Å²) in [5, 5.41) is 14.5. The van der Waals surface area contributed by atoms with Crippen molar-refractivity contribution in [2.24, 2.45) is 11.3 Å². The molecule has 2 unspecified atom stereocenters. The standard InChI is InChI=1S/C14H22N2O4/c17-12(18)11-4-3-10(20-11)7-15-13(19)16-8-14(5-6-14)9-1-2-9/h9-11H,1-8H2,(H,17,18)(H2,15,16,19). The minimum Gasteiger partial charge on any atom is -0.479 e. The maximum absolute atomic E-state index is 11.7. The zero-order valence-electron chi connectivity index (χ0n) is 11.6. The molecule has 2 amide bonds. The van der Waals surface area contributed by atoms with E-state index in [0.29, 0.717) is 24.8 Å². The highest BCUT2D eigenvalue weighted by atomic mass is 16.5.